The summed E-state index contributed by atoms with van der Waals surface area (Å²) in [5.74, 6) is -0.210. The molecular formula is C15H12ClF2NO. The largest absolute Gasteiger partial charge is 0.485 e. The highest BCUT2D eigenvalue weighted by atomic mass is 35.5. The summed E-state index contributed by atoms with van der Waals surface area (Å²) in [7, 11) is 0. The van der Waals surface area contributed by atoms with E-state index in [-0.39, 0.29) is 18.0 Å². The van der Waals surface area contributed by atoms with Gasteiger partial charge in [-0.2, -0.15) is 0 Å². The quantitative estimate of drug-likeness (QED) is 0.858. The topological polar surface area (TPSA) is 35.2 Å². The van der Waals surface area contributed by atoms with Crippen LogP contribution in [0.2, 0.25) is 5.02 Å². The van der Waals surface area contributed by atoms with Gasteiger partial charge >= 0.3 is 0 Å². The van der Waals surface area contributed by atoms with Crippen LogP contribution < -0.4 is 10.5 Å². The van der Waals surface area contributed by atoms with E-state index in [0.29, 0.717) is 28.3 Å². The molecule has 5 heteroatoms. The molecule has 0 fully saturated rings. The SMILES string of the molecule is N[C@H]1CC(c2ccc(F)cc2Cl)Oc2ccc(F)cc21. The Morgan fingerprint density at radius 1 is 1.05 bits per heavy atom. The van der Waals surface area contributed by atoms with Crippen molar-refractivity contribution in [1.29, 1.82) is 0 Å². The van der Waals surface area contributed by atoms with Crippen LogP contribution in [0, 0.1) is 11.6 Å². The Morgan fingerprint density at radius 3 is 2.50 bits per heavy atom. The van der Waals surface area contributed by atoms with Crippen molar-refractivity contribution in [3.63, 3.8) is 0 Å². The summed E-state index contributed by atoms with van der Waals surface area (Å²) < 4.78 is 32.1. The molecule has 20 heavy (non-hydrogen) atoms. The predicted octanol–water partition coefficient (Wildman–Crippen LogP) is 4.14. The lowest BCUT2D eigenvalue weighted by Gasteiger charge is -2.31. The first-order valence-corrected chi connectivity index (χ1v) is 6.59. The van der Waals surface area contributed by atoms with E-state index in [1.54, 1.807) is 12.1 Å². The number of ether oxygens (including phenoxy) is 1. The van der Waals surface area contributed by atoms with Crippen LogP contribution in [0.15, 0.2) is 36.4 Å². The molecule has 0 bridgehead atoms. The van der Waals surface area contributed by atoms with E-state index in [0.717, 1.165) is 0 Å². The van der Waals surface area contributed by atoms with E-state index >= 15 is 0 Å². The maximum atomic E-state index is 13.2. The molecule has 2 nitrogen and oxygen atoms in total. The second-order valence-electron chi connectivity index (χ2n) is 4.80. The van der Waals surface area contributed by atoms with Gasteiger partial charge in [0.2, 0.25) is 0 Å². The highest BCUT2D eigenvalue weighted by molar-refractivity contribution is 6.31. The number of benzene rings is 2. The molecule has 1 aliphatic rings. The molecule has 2 aromatic rings. The molecule has 3 rings (SSSR count). The fraction of sp³-hybridized carbons (Fsp3) is 0.200. The zero-order valence-corrected chi connectivity index (χ0v) is 11.2. The Balaban J connectivity index is 1.97. The second kappa shape index (κ2) is 5.04. The van der Waals surface area contributed by atoms with Crippen LogP contribution in [0.25, 0.3) is 0 Å². The summed E-state index contributed by atoms with van der Waals surface area (Å²) in [4.78, 5) is 0. The smallest absolute Gasteiger partial charge is 0.127 e. The normalized spacial score (nSPS) is 21.2. The molecule has 1 aliphatic heterocycles. The van der Waals surface area contributed by atoms with Crippen LogP contribution in [-0.2, 0) is 0 Å². The maximum absolute atomic E-state index is 13.2. The summed E-state index contributed by atoms with van der Waals surface area (Å²) in [6, 6.07) is 8.06. The summed E-state index contributed by atoms with van der Waals surface area (Å²) >= 11 is 6.04. The number of hydrogen-bond donors (Lipinski definition) is 1. The monoisotopic (exact) mass is 295 g/mol. The van der Waals surface area contributed by atoms with Gasteiger partial charge in [0.05, 0.1) is 5.02 Å². The van der Waals surface area contributed by atoms with Gasteiger partial charge in [-0.15, -0.1) is 0 Å². The minimum Gasteiger partial charge on any atom is -0.485 e. The molecule has 0 saturated heterocycles. The average Bonchev–Trinajstić information content (AvgIpc) is 2.39. The summed E-state index contributed by atoms with van der Waals surface area (Å²) in [6.45, 7) is 0. The Bertz CT molecular complexity index is 662. The van der Waals surface area contributed by atoms with E-state index in [2.05, 4.69) is 0 Å². The number of nitrogens with two attached hydrogens (primary N) is 1. The van der Waals surface area contributed by atoms with E-state index in [1.807, 2.05) is 0 Å². The van der Waals surface area contributed by atoms with Gasteiger partial charge in [-0.3, -0.25) is 0 Å². The van der Waals surface area contributed by atoms with E-state index < -0.39 is 5.82 Å². The van der Waals surface area contributed by atoms with Crippen LogP contribution in [0.1, 0.15) is 29.7 Å². The van der Waals surface area contributed by atoms with Crippen LogP contribution in [0.5, 0.6) is 5.75 Å². The third-order valence-electron chi connectivity index (χ3n) is 3.42. The zero-order valence-electron chi connectivity index (χ0n) is 10.4. The minimum absolute atomic E-state index is 0.299. The number of rotatable bonds is 1. The summed E-state index contributed by atoms with van der Waals surface area (Å²) in [5.41, 5.74) is 7.38. The average molecular weight is 296 g/mol. The molecule has 2 N–H and O–H groups in total. The van der Waals surface area contributed by atoms with Crippen LogP contribution >= 0.6 is 11.6 Å². The number of halogens is 3. The van der Waals surface area contributed by atoms with Gasteiger partial charge in [-0.25, -0.2) is 8.78 Å². The van der Waals surface area contributed by atoms with E-state index in [1.165, 1.54) is 24.3 Å². The Labute approximate surface area is 120 Å². The molecule has 0 aliphatic carbocycles. The van der Waals surface area contributed by atoms with Crippen molar-refractivity contribution in [1.82, 2.24) is 0 Å². The third kappa shape index (κ3) is 2.37. The van der Waals surface area contributed by atoms with Gasteiger partial charge < -0.3 is 10.5 Å². The molecule has 1 unspecified atom stereocenters. The number of hydrogen-bond acceptors (Lipinski definition) is 2. The zero-order chi connectivity index (χ0) is 14.3. The lowest BCUT2D eigenvalue weighted by atomic mass is 9.93. The van der Waals surface area contributed by atoms with Crippen LogP contribution in [-0.4, -0.2) is 0 Å². The van der Waals surface area contributed by atoms with Gasteiger partial charge in [0, 0.05) is 23.6 Å². The predicted molar refractivity (Wildman–Crippen MR) is 72.7 cm³/mol. The fourth-order valence-electron chi connectivity index (χ4n) is 2.43. The lowest BCUT2D eigenvalue weighted by Crippen LogP contribution is -2.24. The van der Waals surface area contributed by atoms with Crippen molar-refractivity contribution in [2.45, 2.75) is 18.6 Å². The molecule has 2 aromatic carbocycles. The highest BCUT2D eigenvalue weighted by Gasteiger charge is 2.28. The van der Waals surface area contributed by atoms with Crippen molar-refractivity contribution in [2.75, 3.05) is 0 Å². The van der Waals surface area contributed by atoms with Gasteiger partial charge in [-0.1, -0.05) is 17.7 Å². The van der Waals surface area contributed by atoms with E-state index in [4.69, 9.17) is 22.1 Å². The molecule has 2 atom stereocenters. The molecule has 104 valence electrons. The first-order valence-electron chi connectivity index (χ1n) is 6.21. The standard InChI is InChI=1S/C15H12ClF2NO/c16-12-6-9(18)1-3-10(12)15-7-13(19)11-5-8(17)2-4-14(11)20-15/h1-6,13,15H,7,19H2/t13-,15?/m0/s1. The van der Waals surface area contributed by atoms with Crippen molar-refractivity contribution in [2.24, 2.45) is 5.73 Å². The van der Waals surface area contributed by atoms with Crippen LogP contribution in [0.4, 0.5) is 8.78 Å². The summed E-state index contributed by atoms with van der Waals surface area (Å²) in [6.07, 6.45) is 0.0954. The molecule has 0 aromatic heterocycles. The van der Waals surface area contributed by atoms with Crippen LogP contribution in [0.3, 0.4) is 0 Å². The van der Waals surface area contributed by atoms with Gasteiger partial charge in [0.15, 0.2) is 0 Å². The van der Waals surface area contributed by atoms with Gasteiger partial charge in [0.25, 0.3) is 0 Å². The molecule has 0 amide bonds. The third-order valence-corrected chi connectivity index (χ3v) is 3.75. The van der Waals surface area contributed by atoms with Crippen molar-refractivity contribution < 1.29 is 13.5 Å². The molecule has 1 heterocycles. The molecular weight excluding hydrogens is 284 g/mol. The molecule has 0 saturated carbocycles. The summed E-state index contributed by atoms with van der Waals surface area (Å²) in [5, 5.41) is 0.299. The Kier molecular flexibility index (Phi) is 3.36. The van der Waals surface area contributed by atoms with E-state index in [9.17, 15) is 8.78 Å². The first kappa shape index (κ1) is 13.3. The van der Waals surface area contributed by atoms with Crippen molar-refractivity contribution >= 4 is 11.6 Å². The second-order valence-corrected chi connectivity index (χ2v) is 5.20. The lowest BCUT2D eigenvalue weighted by molar-refractivity contribution is 0.161. The Hall–Kier alpha value is -1.65. The number of fused-ring (bicyclic) bond motifs is 1. The molecule has 0 radical (unpaired) electrons. The molecule has 0 spiro atoms. The fourth-order valence-corrected chi connectivity index (χ4v) is 2.72. The first-order chi connectivity index (χ1) is 9.54. The van der Waals surface area contributed by atoms with Gasteiger partial charge in [-0.05, 0) is 30.3 Å². The van der Waals surface area contributed by atoms with Gasteiger partial charge in [0.1, 0.15) is 23.5 Å². The minimum atomic E-state index is -0.402. The van der Waals surface area contributed by atoms with Crippen molar-refractivity contribution in [3.8, 4) is 5.75 Å². The Morgan fingerprint density at radius 2 is 1.75 bits per heavy atom. The van der Waals surface area contributed by atoms with Crippen molar-refractivity contribution in [3.05, 3.63) is 64.2 Å². The highest BCUT2D eigenvalue weighted by Crippen LogP contribution is 2.41. The maximum Gasteiger partial charge on any atom is 0.127 e.